The second kappa shape index (κ2) is 9.52. The highest BCUT2D eigenvalue weighted by molar-refractivity contribution is 6.30. The van der Waals surface area contributed by atoms with Crippen molar-refractivity contribution in [2.75, 3.05) is 17.3 Å². The van der Waals surface area contributed by atoms with Crippen LogP contribution in [0.3, 0.4) is 0 Å². The van der Waals surface area contributed by atoms with Gasteiger partial charge in [-0.15, -0.1) is 0 Å². The van der Waals surface area contributed by atoms with Crippen LogP contribution in [0.15, 0.2) is 54.9 Å². The summed E-state index contributed by atoms with van der Waals surface area (Å²) in [5.74, 6) is -0.254. The number of ether oxygens (including phenoxy) is 1. The van der Waals surface area contributed by atoms with Gasteiger partial charge in [-0.3, -0.25) is 25.8 Å². The van der Waals surface area contributed by atoms with Crippen LogP contribution < -0.4 is 20.9 Å². The Morgan fingerprint density at radius 3 is 2.60 bits per heavy atom. The molecule has 154 valence electrons. The minimum absolute atomic E-state index is 0.0438. The van der Waals surface area contributed by atoms with Gasteiger partial charge in [0.15, 0.2) is 6.61 Å². The molecule has 0 saturated heterocycles. The van der Waals surface area contributed by atoms with Crippen molar-refractivity contribution in [1.82, 2.24) is 15.4 Å². The normalized spacial score (nSPS) is 10.2. The topological polar surface area (TPSA) is 131 Å². The molecule has 0 unspecified atom stereocenters. The van der Waals surface area contributed by atoms with Crippen molar-refractivity contribution in [1.29, 1.82) is 0 Å². The number of nitro groups is 1. The number of aromatic nitrogens is 2. The summed E-state index contributed by atoms with van der Waals surface area (Å²) < 4.78 is 5.32. The van der Waals surface area contributed by atoms with E-state index in [4.69, 9.17) is 16.3 Å². The standard InChI is InChI=1S/C19H17ClN6O4/c1-12-9-13(20)7-8-15(12)23-18-17(26(28)29)19(22-11-21-18)25-24-16(27)10-30-14-5-3-2-4-6-14/h2-9,11H,10H2,1H3,(H,24,27)(H2,21,22,23,25). The summed E-state index contributed by atoms with van der Waals surface area (Å²) in [5, 5.41) is 15.0. The average molecular weight is 429 g/mol. The number of amides is 1. The van der Waals surface area contributed by atoms with E-state index in [2.05, 4.69) is 26.1 Å². The maximum atomic E-state index is 12.0. The maximum Gasteiger partial charge on any atom is 0.355 e. The van der Waals surface area contributed by atoms with Gasteiger partial charge in [-0.25, -0.2) is 9.97 Å². The minimum atomic E-state index is -0.650. The first-order valence-corrected chi connectivity index (χ1v) is 9.07. The Kier molecular flexibility index (Phi) is 6.60. The number of rotatable bonds is 8. The van der Waals surface area contributed by atoms with E-state index in [0.29, 0.717) is 16.5 Å². The zero-order chi connectivity index (χ0) is 21.5. The van der Waals surface area contributed by atoms with Crippen molar-refractivity contribution in [3.05, 3.63) is 75.6 Å². The van der Waals surface area contributed by atoms with Gasteiger partial charge in [-0.05, 0) is 42.8 Å². The Morgan fingerprint density at radius 1 is 1.17 bits per heavy atom. The molecule has 0 aliphatic heterocycles. The van der Waals surface area contributed by atoms with Gasteiger partial charge in [0, 0.05) is 10.7 Å². The molecule has 11 heteroatoms. The van der Waals surface area contributed by atoms with Crippen molar-refractivity contribution in [3.63, 3.8) is 0 Å². The Morgan fingerprint density at radius 2 is 1.90 bits per heavy atom. The molecule has 3 rings (SSSR count). The van der Waals surface area contributed by atoms with Crippen LogP contribution in [0.2, 0.25) is 5.02 Å². The largest absolute Gasteiger partial charge is 0.484 e. The second-order valence-corrected chi connectivity index (χ2v) is 6.47. The van der Waals surface area contributed by atoms with E-state index in [9.17, 15) is 14.9 Å². The highest BCUT2D eigenvalue weighted by atomic mass is 35.5. The third-order valence-corrected chi connectivity index (χ3v) is 4.11. The van der Waals surface area contributed by atoms with Crippen molar-refractivity contribution in [2.45, 2.75) is 6.92 Å². The van der Waals surface area contributed by atoms with E-state index in [-0.39, 0.29) is 18.2 Å². The second-order valence-electron chi connectivity index (χ2n) is 6.04. The molecule has 0 bridgehead atoms. The highest BCUT2D eigenvalue weighted by Gasteiger charge is 2.24. The maximum absolute atomic E-state index is 12.0. The van der Waals surface area contributed by atoms with E-state index in [1.807, 2.05) is 6.07 Å². The first kappa shape index (κ1) is 20.8. The molecule has 0 aliphatic carbocycles. The number of para-hydroxylation sites is 1. The number of hydrogen-bond donors (Lipinski definition) is 3. The zero-order valence-electron chi connectivity index (χ0n) is 15.8. The number of carbonyl (C=O) groups is 1. The summed E-state index contributed by atoms with van der Waals surface area (Å²) in [6.45, 7) is 1.51. The van der Waals surface area contributed by atoms with Gasteiger partial charge in [-0.2, -0.15) is 0 Å². The molecule has 3 aromatic rings. The van der Waals surface area contributed by atoms with Crippen molar-refractivity contribution in [2.24, 2.45) is 0 Å². The van der Waals surface area contributed by atoms with E-state index >= 15 is 0 Å². The molecule has 3 N–H and O–H groups in total. The van der Waals surface area contributed by atoms with Crippen LogP contribution in [0, 0.1) is 17.0 Å². The molecule has 0 saturated carbocycles. The van der Waals surface area contributed by atoms with Crippen LogP contribution in [0.4, 0.5) is 23.0 Å². The molecule has 0 spiro atoms. The number of carbonyl (C=O) groups excluding carboxylic acids is 1. The summed E-state index contributed by atoms with van der Waals surface area (Å²) in [7, 11) is 0. The van der Waals surface area contributed by atoms with Gasteiger partial charge in [0.1, 0.15) is 12.1 Å². The Hall–Kier alpha value is -3.92. The molecule has 1 amide bonds. The Bertz CT molecular complexity index is 1060. The lowest BCUT2D eigenvalue weighted by atomic mass is 10.2. The number of hydrazine groups is 1. The van der Waals surface area contributed by atoms with Crippen LogP contribution in [-0.2, 0) is 4.79 Å². The zero-order valence-corrected chi connectivity index (χ0v) is 16.5. The van der Waals surface area contributed by atoms with Gasteiger partial charge in [-0.1, -0.05) is 29.8 Å². The minimum Gasteiger partial charge on any atom is -0.484 e. The molecule has 1 heterocycles. The van der Waals surface area contributed by atoms with Crippen LogP contribution in [-0.4, -0.2) is 27.4 Å². The average Bonchev–Trinajstić information content (AvgIpc) is 2.73. The lowest BCUT2D eigenvalue weighted by molar-refractivity contribution is -0.383. The molecular formula is C19H17ClN6O4. The summed E-state index contributed by atoms with van der Waals surface area (Å²) in [6, 6.07) is 13.8. The first-order chi connectivity index (χ1) is 14.4. The molecule has 0 atom stereocenters. The monoisotopic (exact) mass is 428 g/mol. The van der Waals surface area contributed by atoms with E-state index in [0.717, 1.165) is 11.9 Å². The Labute approximate surface area is 176 Å². The van der Waals surface area contributed by atoms with E-state index in [1.165, 1.54) is 0 Å². The molecule has 1 aromatic heterocycles. The summed E-state index contributed by atoms with van der Waals surface area (Å²) in [5.41, 5.74) is 5.70. The SMILES string of the molecule is Cc1cc(Cl)ccc1Nc1ncnc(NNC(=O)COc2ccccc2)c1[N+](=O)[O-]. The summed E-state index contributed by atoms with van der Waals surface area (Å²) in [4.78, 5) is 30.7. The fraction of sp³-hybridized carbons (Fsp3) is 0.105. The number of hydrogen-bond acceptors (Lipinski definition) is 8. The van der Waals surface area contributed by atoms with Gasteiger partial charge >= 0.3 is 5.69 Å². The fourth-order valence-electron chi connectivity index (χ4n) is 2.46. The van der Waals surface area contributed by atoms with Gasteiger partial charge in [0.2, 0.25) is 11.6 Å². The lowest BCUT2D eigenvalue weighted by Crippen LogP contribution is -2.34. The molecular weight excluding hydrogens is 412 g/mol. The van der Waals surface area contributed by atoms with Crippen LogP contribution in [0.1, 0.15) is 5.56 Å². The highest BCUT2D eigenvalue weighted by Crippen LogP contribution is 2.32. The molecule has 30 heavy (non-hydrogen) atoms. The van der Waals surface area contributed by atoms with Crippen molar-refractivity contribution in [3.8, 4) is 5.75 Å². The van der Waals surface area contributed by atoms with Gasteiger partial charge in [0.05, 0.1) is 4.92 Å². The summed E-state index contributed by atoms with van der Waals surface area (Å²) in [6.07, 6.45) is 1.13. The predicted molar refractivity (Wildman–Crippen MR) is 112 cm³/mol. The number of nitrogens with zero attached hydrogens (tertiary/aromatic N) is 3. The van der Waals surface area contributed by atoms with Gasteiger partial charge in [0.25, 0.3) is 5.91 Å². The first-order valence-electron chi connectivity index (χ1n) is 8.69. The third kappa shape index (κ3) is 5.32. The third-order valence-electron chi connectivity index (χ3n) is 3.88. The van der Waals surface area contributed by atoms with Crippen molar-refractivity contribution >= 4 is 40.5 Å². The van der Waals surface area contributed by atoms with E-state index < -0.39 is 16.5 Å². The summed E-state index contributed by atoms with van der Waals surface area (Å²) >= 11 is 5.94. The molecule has 0 aliphatic rings. The smallest absolute Gasteiger partial charge is 0.355 e. The number of benzene rings is 2. The molecule has 2 aromatic carbocycles. The van der Waals surface area contributed by atoms with Crippen LogP contribution in [0.25, 0.3) is 0 Å². The molecule has 10 nitrogen and oxygen atoms in total. The number of anilines is 3. The number of aryl methyl sites for hydroxylation is 1. The number of nitrogens with one attached hydrogen (secondary N) is 3. The quantitative estimate of drug-likeness (QED) is 0.366. The van der Waals surface area contributed by atoms with Crippen molar-refractivity contribution < 1.29 is 14.5 Å². The molecule has 0 radical (unpaired) electrons. The van der Waals surface area contributed by atoms with Gasteiger partial charge < -0.3 is 10.1 Å². The fourth-order valence-corrected chi connectivity index (χ4v) is 2.69. The number of halogens is 1. The predicted octanol–water partition coefficient (Wildman–Crippen LogP) is 3.61. The lowest BCUT2D eigenvalue weighted by Gasteiger charge is -2.12. The van der Waals surface area contributed by atoms with Crippen LogP contribution >= 0.6 is 11.6 Å². The molecule has 0 fully saturated rings. The van der Waals surface area contributed by atoms with Crippen LogP contribution in [0.5, 0.6) is 5.75 Å². The Balaban J connectivity index is 1.71. The van der Waals surface area contributed by atoms with E-state index in [1.54, 1.807) is 49.4 Å².